The first kappa shape index (κ1) is 20.9. The highest BCUT2D eigenvalue weighted by atomic mass is 31.0. The topological polar surface area (TPSA) is 47.4 Å². The molecule has 1 aliphatic heterocycles. The Kier molecular flexibility index (Phi) is 5.61. The number of hydrogen-bond donors (Lipinski definition) is 0. The monoisotopic (exact) mass is 447 g/mol. The smallest absolute Gasteiger partial charge is 0.256 e. The van der Waals surface area contributed by atoms with Crippen molar-refractivity contribution in [2.45, 2.75) is 25.0 Å². The molecule has 0 saturated carbocycles. The molecule has 0 aliphatic carbocycles. The Labute approximate surface area is 177 Å². The van der Waals surface area contributed by atoms with Gasteiger partial charge in [0.25, 0.3) is 5.91 Å². The number of carbonyl (C=O) groups is 1. The van der Waals surface area contributed by atoms with Crippen LogP contribution in [0.3, 0.4) is 0 Å². The Morgan fingerprint density at radius 2 is 1.97 bits per heavy atom. The molecule has 0 N–H and O–H groups in total. The van der Waals surface area contributed by atoms with Gasteiger partial charge >= 0.3 is 0 Å². The number of halogens is 2. The quantitative estimate of drug-likeness (QED) is 0.315. The molecule has 1 amide bonds. The SMILES string of the molecule is C=C1C(=O)N(c2ccc3c(c2)ncn3P)C1c1c(F)cc(OCCC(C)P)cc1F. The standard InChI is InChI=1S/C21H21F2N3O2P2/c1-11(29)5-6-28-14-8-15(22)19(16(23)9-14)20-12(2)21(27)26(20)13-3-4-18-17(7-13)24-10-25(18)30/h3-4,7-11,20H,2,5-6,29-30H2,1H3. The van der Waals surface area contributed by atoms with E-state index in [0.29, 0.717) is 23.5 Å². The Hall–Kier alpha value is -2.36. The van der Waals surface area contributed by atoms with E-state index >= 15 is 0 Å². The van der Waals surface area contributed by atoms with Crippen LogP contribution in [0.4, 0.5) is 14.5 Å². The Morgan fingerprint density at radius 3 is 2.63 bits per heavy atom. The fraction of sp³-hybridized carbons (Fsp3) is 0.238. The van der Waals surface area contributed by atoms with Crippen molar-refractivity contribution in [1.29, 1.82) is 0 Å². The average Bonchev–Trinajstić information content (AvgIpc) is 3.06. The molecule has 2 aromatic carbocycles. The number of imidazole rings is 1. The molecule has 4 rings (SSSR count). The molecule has 1 aromatic heterocycles. The number of benzene rings is 2. The lowest BCUT2D eigenvalue weighted by molar-refractivity contribution is -0.119. The molecule has 0 bridgehead atoms. The molecular weight excluding hydrogens is 426 g/mol. The van der Waals surface area contributed by atoms with E-state index in [1.54, 1.807) is 28.9 Å². The Balaban J connectivity index is 1.66. The number of nitrogens with zero attached hydrogens (tertiary/aromatic N) is 3. The molecule has 1 saturated heterocycles. The molecule has 0 radical (unpaired) electrons. The highest BCUT2D eigenvalue weighted by Crippen LogP contribution is 2.45. The summed E-state index contributed by atoms with van der Waals surface area (Å²) in [6.07, 6.45) is 2.37. The fourth-order valence-corrected chi connectivity index (χ4v) is 3.91. The summed E-state index contributed by atoms with van der Waals surface area (Å²) >= 11 is 0. The number of carbonyl (C=O) groups excluding carboxylic acids is 1. The summed E-state index contributed by atoms with van der Waals surface area (Å²) in [5.74, 6) is -1.81. The number of anilines is 1. The second-order valence-electron chi connectivity index (χ2n) is 7.34. The minimum atomic E-state index is -0.922. The number of β-lactam (4-membered cyclic amide) rings is 1. The van der Waals surface area contributed by atoms with Gasteiger partial charge < -0.3 is 9.07 Å². The van der Waals surface area contributed by atoms with Gasteiger partial charge in [0.2, 0.25) is 0 Å². The summed E-state index contributed by atoms with van der Waals surface area (Å²) in [6.45, 7) is 6.09. The van der Waals surface area contributed by atoms with Crippen molar-refractivity contribution in [3.05, 3.63) is 66.0 Å². The van der Waals surface area contributed by atoms with E-state index in [0.717, 1.165) is 24.1 Å². The zero-order chi connectivity index (χ0) is 21.6. The maximum atomic E-state index is 14.9. The van der Waals surface area contributed by atoms with E-state index in [4.69, 9.17) is 4.74 Å². The highest BCUT2D eigenvalue weighted by molar-refractivity contribution is 7.17. The van der Waals surface area contributed by atoms with Crippen LogP contribution >= 0.6 is 18.6 Å². The zero-order valence-electron chi connectivity index (χ0n) is 16.3. The summed E-state index contributed by atoms with van der Waals surface area (Å²) < 4.78 is 37.0. The molecule has 1 fully saturated rings. The first-order valence-electron chi connectivity index (χ1n) is 9.39. The van der Waals surface area contributed by atoms with E-state index < -0.39 is 17.7 Å². The van der Waals surface area contributed by atoms with E-state index in [2.05, 4.69) is 30.2 Å². The summed E-state index contributed by atoms with van der Waals surface area (Å²) in [5, 5.41) is 0. The van der Waals surface area contributed by atoms with Crippen molar-refractivity contribution in [3.8, 4) is 5.75 Å². The second kappa shape index (κ2) is 8.05. The molecule has 30 heavy (non-hydrogen) atoms. The third-order valence-corrected chi connectivity index (χ3v) is 5.83. The van der Waals surface area contributed by atoms with Crippen LogP contribution in [0, 0.1) is 11.6 Å². The maximum absolute atomic E-state index is 14.9. The van der Waals surface area contributed by atoms with Gasteiger partial charge in [-0.1, -0.05) is 13.5 Å². The van der Waals surface area contributed by atoms with Gasteiger partial charge in [-0.15, -0.1) is 9.24 Å². The third kappa shape index (κ3) is 3.61. The molecule has 9 heteroatoms. The van der Waals surface area contributed by atoms with Crippen LogP contribution in [0.5, 0.6) is 5.75 Å². The third-order valence-electron chi connectivity index (χ3n) is 5.09. The maximum Gasteiger partial charge on any atom is 0.256 e. The molecule has 3 aromatic rings. The van der Waals surface area contributed by atoms with E-state index in [9.17, 15) is 13.6 Å². The zero-order valence-corrected chi connectivity index (χ0v) is 18.6. The first-order chi connectivity index (χ1) is 14.3. The van der Waals surface area contributed by atoms with Crippen molar-refractivity contribution in [3.63, 3.8) is 0 Å². The lowest BCUT2D eigenvalue weighted by Crippen LogP contribution is -2.49. The second-order valence-corrected chi connectivity index (χ2v) is 9.04. The van der Waals surface area contributed by atoms with Crippen LogP contribution in [-0.2, 0) is 4.79 Å². The molecule has 2 heterocycles. The van der Waals surface area contributed by atoms with Gasteiger partial charge in [0.15, 0.2) is 0 Å². The lowest BCUT2D eigenvalue weighted by atomic mass is 9.87. The molecule has 156 valence electrons. The Morgan fingerprint density at radius 1 is 1.27 bits per heavy atom. The van der Waals surface area contributed by atoms with Gasteiger partial charge in [0.05, 0.1) is 35.6 Å². The summed E-state index contributed by atoms with van der Waals surface area (Å²) in [4.78, 5) is 18.1. The van der Waals surface area contributed by atoms with Crippen LogP contribution < -0.4 is 9.64 Å². The molecule has 1 aliphatic rings. The number of hydrogen-bond acceptors (Lipinski definition) is 3. The van der Waals surface area contributed by atoms with Crippen molar-refractivity contribution >= 4 is 41.3 Å². The summed E-state index contributed by atoms with van der Waals surface area (Å²) in [6, 6.07) is 6.61. The van der Waals surface area contributed by atoms with Crippen LogP contribution in [0.15, 0.2) is 48.8 Å². The van der Waals surface area contributed by atoms with Gasteiger partial charge in [0, 0.05) is 23.4 Å². The summed E-state index contributed by atoms with van der Waals surface area (Å²) in [5.41, 5.74) is 2.28. The molecule has 0 spiro atoms. The number of amides is 1. The largest absolute Gasteiger partial charge is 0.493 e. The van der Waals surface area contributed by atoms with Crippen LogP contribution in [0.2, 0.25) is 0 Å². The van der Waals surface area contributed by atoms with E-state index in [1.165, 1.54) is 4.90 Å². The minimum Gasteiger partial charge on any atom is -0.493 e. The van der Waals surface area contributed by atoms with Crippen LogP contribution in [0.25, 0.3) is 11.0 Å². The van der Waals surface area contributed by atoms with Gasteiger partial charge in [-0.3, -0.25) is 9.69 Å². The van der Waals surface area contributed by atoms with Crippen molar-refractivity contribution in [1.82, 2.24) is 9.32 Å². The number of fused-ring (bicyclic) bond motifs is 1. The van der Waals surface area contributed by atoms with Gasteiger partial charge in [-0.05, 0) is 39.7 Å². The number of aromatic nitrogens is 2. The molecular formula is C21H21F2N3O2P2. The normalized spacial score (nSPS) is 17.4. The summed E-state index contributed by atoms with van der Waals surface area (Å²) in [7, 11) is 5.16. The van der Waals surface area contributed by atoms with Crippen LogP contribution in [-0.4, -0.2) is 27.5 Å². The number of ether oxygens (including phenoxy) is 1. The van der Waals surface area contributed by atoms with Crippen molar-refractivity contribution < 1.29 is 18.3 Å². The van der Waals surface area contributed by atoms with Gasteiger partial charge in [0.1, 0.15) is 17.4 Å². The van der Waals surface area contributed by atoms with E-state index in [-0.39, 0.29) is 22.8 Å². The van der Waals surface area contributed by atoms with Gasteiger partial charge in [-0.2, -0.15) is 0 Å². The van der Waals surface area contributed by atoms with Gasteiger partial charge in [-0.25, -0.2) is 13.8 Å². The van der Waals surface area contributed by atoms with Crippen molar-refractivity contribution in [2.75, 3.05) is 11.5 Å². The Bertz CT molecular complexity index is 1140. The molecule has 4 atom stereocenters. The molecule has 4 unspecified atom stereocenters. The predicted octanol–water partition coefficient (Wildman–Crippen LogP) is 4.63. The lowest BCUT2D eigenvalue weighted by Gasteiger charge is -2.42. The highest BCUT2D eigenvalue weighted by Gasteiger charge is 2.45. The average molecular weight is 447 g/mol. The predicted molar refractivity (Wildman–Crippen MR) is 120 cm³/mol. The van der Waals surface area contributed by atoms with Crippen LogP contribution in [0.1, 0.15) is 24.9 Å². The molecule has 5 nitrogen and oxygen atoms in total. The number of rotatable bonds is 6. The van der Waals surface area contributed by atoms with Crippen molar-refractivity contribution in [2.24, 2.45) is 0 Å². The fourth-order valence-electron chi connectivity index (χ4n) is 3.49. The van der Waals surface area contributed by atoms with E-state index in [1.807, 2.05) is 6.92 Å². The first-order valence-corrected chi connectivity index (χ1v) is 10.6. The minimum absolute atomic E-state index is 0.120.